The number of hydrogen-bond acceptors (Lipinski definition) is 3. The molecular formula is C33H33BN2O2. The molecule has 0 N–H and O–H groups in total. The number of hydrogen-bond donors (Lipinski definition) is 0. The van der Waals surface area contributed by atoms with Gasteiger partial charge < -0.3 is 9.31 Å². The highest BCUT2D eigenvalue weighted by atomic mass is 16.7. The van der Waals surface area contributed by atoms with E-state index in [2.05, 4.69) is 142 Å². The molecule has 5 heteroatoms. The first-order chi connectivity index (χ1) is 18.2. The largest absolute Gasteiger partial charge is 0.494 e. The van der Waals surface area contributed by atoms with Gasteiger partial charge in [-0.2, -0.15) is 5.10 Å². The van der Waals surface area contributed by atoms with E-state index < -0.39 is 23.9 Å². The average molecular weight is 500 g/mol. The molecule has 6 rings (SSSR count). The summed E-state index contributed by atoms with van der Waals surface area (Å²) in [4.78, 5) is 0. The SMILES string of the molecule is Cc1cc(B2OC(C)(C)C(C)(C)O2)cc2c1cnn2C(c1ccccc1)(c1ccccc1)c1ccccc1. The number of fused-ring (bicyclic) bond motifs is 1. The molecule has 38 heavy (non-hydrogen) atoms. The van der Waals surface area contributed by atoms with E-state index >= 15 is 0 Å². The van der Waals surface area contributed by atoms with Crippen LogP contribution in [0.2, 0.25) is 0 Å². The van der Waals surface area contributed by atoms with E-state index in [0.717, 1.165) is 38.6 Å². The van der Waals surface area contributed by atoms with E-state index in [1.54, 1.807) is 0 Å². The Morgan fingerprint density at radius 2 is 1.13 bits per heavy atom. The molecule has 2 heterocycles. The summed E-state index contributed by atoms with van der Waals surface area (Å²) >= 11 is 0. The molecule has 0 radical (unpaired) electrons. The summed E-state index contributed by atoms with van der Waals surface area (Å²) in [5.74, 6) is 0. The minimum atomic E-state index is -0.688. The van der Waals surface area contributed by atoms with E-state index in [1.807, 2.05) is 6.20 Å². The minimum Gasteiger partial charge on any atom is -0.399 e. The van der Waals surface area contributed by atoms with Crippen molar-refractivity contribution in [2.45, 2.75) is 51.4 Å². The highest BCUT2D eigenvalue weighted by Gasteiger charge is 2.52. The maximum atomic E-state index is 6.46. The minimum absolute atomic E-state index is 0.414. The summed E-state index contributed by atoms with van der Waals surface area (Å²) in [5.41, 5.74) is 5.08. The number of nitrogens with zero attached hydrogens (tertiary/aromatic N) is 2. The third kappa shape index (κ3) is 3.72. The van der Waals surface area contributed by atoms with E-state index in [1.165, 1.54) is 0 Å². The van der Waals surface area contributed by atoms with Crippen LogP contribution in [0.4, 0.5) is 0 Å². The molecule has 5 aromatic rings. The highest BCUT2D eigenvalue weighted by Crippen LogP contribution is 2.42. The molecule has 1 fully saturated rings. The van der Waals surface area contributed by atoms with Crippen molar-refractivity contribution in [1.82, 2.24) is 9.78 Å². The number of aromatic nitrogens is 2. The zero-order valence-electron chi connectivity index (χ0n) is 22.7. The zero-order valence-corrected chi connectivity index (χ0v) is 22.7. The smallest absolute Gasteiger partial charge is 0.399 e. The number of rotatable bonds is 5. The second kappa shape index (κ2) is 8.97. The van der Waals surface area contributed by atoms with E-state index in [0.29, 0.717) is 0 Å². The van der Waals surface area contributed by atoms with E-state index in [9.17, 15) is 0 Å². The van der Waals surface area contributed by atoms with E-state index in [4.69, 9.17) is 14.4 Å². The van der Waals surface area contributed by atoms with Crippen molar-refractivity contribution < 1.29 is 9.31 Å². The van der Waals surface area contributed by atoms with Crippen LogP contribution in [0.1, 0.15) is 49.9 Å². The van der Waals surface area contributed by atoms with Crippen LogP contribution < -0.4 is 5.46 Å². The van der Waals surface area contributed by atoms with Crippen LogP contribution in [0, 0.1) is 6.92 Å². The summed E-state index contributed by atoms with van der Waals surface area (Å²) in [5, 5.41) is 6.23. The van der Waals surface area contributed by atoms with Gasteiger partial charge >= 0.3 is 7.12 Å². The lowest BCUT2D eigenvalue weighted by atomic mass is 9.76. The fraction of sp³-hybridized carbons (Fsp3) is 0.242. The van der Waals surface area contributed by atoms with Crippen molar-refractivity contribution >= 4 is 23.5 Å². The Hall–Kier alpha value is -3.67. The molecule has 0 amide bonds. The fourth-order valence-corrected chi connectivity index (χ4v) is 5.62. The van der Waals surface area contributed by atoms with Gasteiger partial charge in [0.2, 0.25) is 0 Å². The second-order valence-electron chi connectivity index (χ2n) is 11.2. The summed E-state index contributed by atoms with van der Waals surface area (Å²) in [6.45, 7) is 10.5. The van der Waals surface area contributed by atoms with Gasteiger partial charge in [0.15, 0.2) is 0 Å². The van der Waals surface area contributed by atoms with Crippen molar-refractivity contribution in [3.8, 4) is 0 Å². The maximum absolute atomic E-state index is 6.46. The summed E-state index contributed by atoms with van der Waals surface area (Å²) < 4.78 is 15.1. The van der Waals surface area contributed by atoms with Gasteiger partial charge in [-0.3, -0.25) is 0 Å². The molecule has 0 spiro atoms. The first kappa shape index (κ1) is 24.7. The fourth-order valence-electron chi connectivity index (χ4n) is 5.62. The lowest BCUT2D eigenvalue weighted by Gasteiger charge is -2.37. The molecule has 190 valence electrons. The molecule has 1 aromatic heterocycles. The normalized spacial score (nSPS) is 16.7. The Labute approximate surface area is 225 Å². The predicted octanol–water partition coefficient (Wildman–Crippen LogP) is 6.48. The lowest BCUT2D eigenvalue weighted by Crippen LogP contribution is -2.41. The Balaban J connectivity index is 1.66. The van der Waals surface area contributed by atoms with E-state index in [-0.39, 0.29) is 0 Å². The van der Waals surface area contributed by atoms with Gasteiger partial charge in [0.25, 0.3) is 0 Å². The Bertz CT molecular complexity index is 1460. The van der Waals surface area contributed by atoms with Crippen LogP contribution in [0.5, 0.6) is 0 Å². The van der Waals surface area contributed by atoms with Gasteiger partial charge in [0, 0.05) is 5.39 Å². The van der Waals surface area contributed by atoms with Crippen LogP contribution >= 0.6 is 0 Å². The Morgan fingerprint density at radius 1 is 0.684 bits per heavy atom. The maximum Gasteiger partial charge on any atom is 0.494 e. The van der Waals surface area contributed by atoms with Crippen LogP contribution in [0.3, 0.4) is 0 Å². The van der Waals surface area contributed by atoms with Gasteiger partial charge in [-0.15, -0.1) is 0 Å². The topological polar surface area (TPSA) is 36.3 Å². The van der Waals surface area contributed by atoms with Gasteiger partial charge in [0.1, 0.15) is 5.54 Å². The molecule has 0 aliphatic carbocycles. The van der Waals surface area contributed by atoms with Crippen molar-refractivity contribution in [2.24, 2.45) is 0 Å². The first-order valence-electron chi connectivity index (χ1n) is 13.2. The Kier molecular flexibility index (Phi) is 5.82. The third-order valence-electron chi connectivity index (χ3n) is 8.34. The van der Waals surface area contributed by atoms with Gasteiger partial charge in [-0.05, 0) is 68.4 Å². The summed E-state index contributed by atoms with van der Waals surface area (Å²) in [6.07, 6.45) is 1.99. The molecule has 0 unspecified atom stereocenters. The molecule has 4 aromatic carbocycles. The average Bonchev–Trinajstić information content (AvgIpc) is 3.44. The lowest BCUT2D eigenvalue weighted by molar-refractivity contribution is 0.00578. The first-order valence-corrected chi connectivity index (χ1v) is 13.2. The van der Waals surface area contributed by atoms with Crippen LogP contribution in [-0.2, 0) is 14.8 Å². The van der Waals surface area contributed by atoms with Crippen molar-refractivity contribution in [2.75, 3.05) is 0 Å². The van der Waals surface area contributed by atoms with Crippen LogP contribution in [0.25, 0.3) is 10.9 Å². The van der Waals surface area contributed by atoms with Crippen LogP contribution in [-0.4, -0.2) is 28.1 Å². The Morgan fingerprint density at radius 3 is 1.58 bits per heavy atom. The number of aryl methyl sites for hydroxylation is 1. The molecule has 0 bridgehead atoms. The van der Waals surface area contributed by atoms with Crippen molar-refractivity contribution in [3.63, 3.8) is 0 Å². The quantitative estimate of drug-likeness (QED) is 0.205. The predicted molar refractivity (Wildman–Crippen MR) is 155 cm³/mol. The summed E-state index contributed by atoms with van der Waals surface area (Å²) in [7, 11) is -0.453. The van der Waals surface area contributed by atoms with Gasteiger partial charge in [-0.25, -0.2) is 4.68 Å². The second-order valence-corrected chi connectivity index (χ2v) is 11.2. The molecule has 4 nitrogen and oxygen atoms in total. The third-order valence-corrected chi connectivity index (χ3v) is 8.34. The van der Waals surface area contributed by atoms with Gasteiger partial charge in [0.05, 0.1) is 22.9 Å². The molecule has 1 aliphatic rings. The van der Waals surface area contributed by atoms with Crippen LogP contribution in [0.15, 0.2) is 109 Å². The van der Waals surface area contributed by atoms with Gasteiger partial charge in [-0.1, -0.05) is 97.1 Å². The zero-order chi connectivity index (χ0) is 26.5. The van der Waals surface area contributed by atoms with Crippen molar-refractivity contribution in [3.05, 3.63) is 132 Å². The summed E-state index contributed by atoms with van der Waals surface area (Å²) in [6, 6.07) is 36.3. The highest BCUT2D eigenvalue weighted by molar-refractivity contribution is 6.62. The molecular weight excluding hydrogens is 467 g/mol. The number of benzene rings is 4. The monoisotopic (exact) mass is 500 g/mol. The standard InChI is InChI=1S/C33H33BN2O2/c1-24-21-28(34-37-31(2,3)32(4,5)38-34)22-30-29(24)23-35-36(30)33(25-15-9-6-10-16-25,26-17-11-7-12-18-26)27-19-13-8-14-20-27/h6-23H,1-5H3. The molecule has 1 saturated heterocycles. The molecule has 0 atom stereocenters. The van der Waals surface area contributed by atoms with Crippen molar-refractivity contribution in [1.29, 1.82) is 0 Å². The molecule has 0 saturated carbocycles. The molecule has 1 aliphatic heterocycles.